The van der Waals surface area contributed by atoms with E-state index in [1.165, 1.54) is 6.92 Å². The summed E-state index contributed by atoms with van der Waals surface area (Å²) < 4.78 is 5.72. The van der Waals surface area contributed by atoms with E-state index in [4.69, 9.17) is 22.7 Å². The van der Waals surface area contributed by atoms with Gasteiger partial charge in [-0.3, -0.25) is 4.79 Å². The van der Waals surface area contributed by atoms with E-state index in [9.17, 15) is 9.59 Å². The Morgan fingerprint density at radius 2 is 1.90 bits per heavy atom. The highest BCUT2D eigenvalue weighted by molar-refractivity contribution is 9.10. The Hall–Kier alpha value is -1.73. The van der Waals surface area contributed by atoms with Crippen molar-refractivity contribution in [2.45, 2.75) is 13.8 Å². The van der Waals surface area contributed by atoms with E-state index in [1.54, 1.807) is 31.2 Å². The van der Waals surface area contributed by atoms with Gasteiger partial charge in [-0.15, -0.1) is 0 Å². The van der Waals surface area contributed by atoms with Crippen molar-refractivity contribution in [2.24, 2.45) is 5.73 Å². The number of nitrogens with one attached hydrogen (secondary N) is 1. The van der Waals surface area contributed by atoms with Crippen LogP contribution in [0.4, 0.5) is 0 Å². The molecule has 0 unspecified atom stereocenters. The van der Waals surface area contributed by atoms with E-state index in [-0.39, 0.29) is 22.9 Å². The molecule has 1 amide bonds. The number of esters is 1. The van der Waals surface area contributed by atoms with Crippen molar-refractivity contribution >= 4 is 45.0 Å². The molecule has 0 aromatic heterocycles. The highest BCUT2D eigenvalue weighted by atomic mass is 79.9. The number of carbonyl (C=O) groups excluding carboxylic acids is 2. The zero-order chi connectivity index (χ0) is 16.0. The Bertz CT molecular complexity index is 593. The summed E-state index contributed by atoms with van der Waals surface area (Å²) in [5.41, 5.74) is 6.24. The minimum atomic E-state index is -0.654. The third-order valence-corrected chi connectivity index (χ3v) is 3.27. The van der Waals surface area contributed by atoms with Gasteiger partial charge < -0.3 is 15.8 Å². The smallest absolute Gasteiger partial charge is 0.342 e. The summed E-state index contributed by atoms with van der Waals surface area (Å²) in [4.78, 5) is 23.8. The molecule has 7 heteroatoms. The molecule has 0 atom stereocenters. The first-order valence-corrected chi connectivity index (χ1v) is 7.31. The van der Waals surface area contributed by atoms with Crippen molar-refractivity contribution in [3.05, 3.63) is 45.6 Å². The van der Waals surface area contributed by atoms with Gasteiger partial charge >= 0.3 is 5.97 Å². The highest BCUT2D eigenvalue weighted by Gasteiger charge is 2.20. The van der Waals surface area contributed by atoms with Gasteiger partial charge in [-0.2, -0.15) is 0 Å². The normalized spacial score (nSPS) is 11.4. The number of rotatable bonds is 4. The van der Waals surface area contributed by atoms with Crippen LogP contribution in [0.3, 0.4) is 0 Å². The molecular formula is C14H15BrN2O3S. The Kier molecular flexibility index (Phi) is 6.51. The van der Waals surface area contributed by atoms with Crippen LogP contribution in [0.2, 0.25) is 0 Å². The number of nitrogens with two attached hydrogens (primary N) is 1. The molecule has 1 rings (SSSR count). The van der Waals surface area contributed by atoms with Crippen molar-refractivity contribution < 1.29 is 14.3 Å². The first-order valence-electron chi connectivity index (χ1n) is 6.11. The monoisotopic (exact) mass is 370 g/mol. The fourth-order valence-corrected chi connectivity index (χ4v) is 2.08. The fraction of sp³-hybridized carbons (Fsp3) is 0.214. The van der Waals surface area contributed by atoms with Crippen LogP contribution >= 0.6 is 28.1 Å². The second kappa shape index (κ2) is 7.90. The van der Waals surface area contributed by atoms with Gasteiger partial charge in [-0.1, -0.05) is 28.1 Å². The first kappa shape index (κ1) is 17.3. The SMILES string of the molecule is CCOC(=O)C(C(=S)NC(=O)c1ccc(Br)cc1)=C(C)N. The maximum Gasteiger partial charge on any atom is 0.342 e. The van der Waals surface area contributed by atoms with E-state index < -0.39 is 11.9 Å². The molecule has 0 radical (unpaired) electrons. The maximum absolute atomic E-state index is 12.0. The second-order valence-corrected chi connectivity index (χ2v) is 5.39. The summed E-state index contributed by atoms with van der Waals surface area (Å²) in [6.07, 6.45) is 0. The molecule has 0 bridgehead atoms. The predicted molar refractivity (Wildman–Crippen MR) is 87.7 cm³/mol. The molecule has 0 saturated carbocycles. The Labute approximate surface area is 136 Å². The van der Waals surface area contributed by atoms with Crippen molar-refractivity contribution in [3.63, 3.8) is 0 Å². The van der Waals surface area contributed by atoms with Crippen LogP contribution < -0.4 is 11.1 Å². The molecule has 1 aromatic carbocycles. The Morgan fingerprint density at radius 1 is 1.33 bits per heavy atom. The van der Waals surface area contributed by atoms with Gasteiger partial charge in [-0.05, 0) is 38.1 Å². The van der Waals surface area contributed by atoms with Crippen LogP contribution in [-0.4, -0.2) is 23.5 Å². The molecule has 0 saturated heterocycles. The number of halogens is 1. The van der Waals surface area contributed by atoms with Crippen molar-refractivity contribution in [1.82, 2.24) is 5.32 Å². The lowest BCUT2D eigenvalue weighted by Gasteiger charge is -2.11. The van der Waals surface area contributed by atoms with Crippen LogP contribution in [-0.2, 0) is 9.53 Å². The lowest BCUT2D eigenvalue weighted by atomic mass is 10.2. The van der Waals surface area contributed by atoms with Crippen LogP contribution in [0.15, 0.2) is 40.0 Å². The topological polar surface area (TPSA) is 81.4 Å². The van der Waals surface area contributed by atoms with Crippen LogP contribution in [0, 0.1) is 0 Å². The average Bonchev–Trinajstić information content (AvgIpc) is 2.39. The minimum absolute atomic E-state index is 0.00249. The molecule has 0 fully saturated rings. The third kappa shape index (κ3) is 4.95. The summed E-state index contributed by atoms with van der Waals surface area (Å²) in [6.45, 7) is 3.38. The number of carbonyl (C=O) groups is 2. The maximum atomic E-state index is 12.0. The second-order valence-electron chi connectivity index (χ2n) is 4.07. The minimum Gasteiger partial charge on any atom is -0.462 e. The number of allylic oxidation sites excluding steroid dienone is 1. The summed E-state index contributed by atoms with van der Waals surface area (Å²) in [6, 6.07) is 6.72. The summed E-state index contributed by atoms with van der Waals surface area (Å²) in [5.74, 6) is -1.07. The molecule has 112 valence electrons. The lowest BCUT2D eigenvalue weighted by molar-refractivity contribution is -0.137. The highest BCUT2D eigenvalue weighted by Crippen LogP contribution is 2.11. The number of hydrogen-bond acceptors (Lipinski definition) is 5. The summed E-state index contributed by atoms with van der Waals surface area (Å²) in [7, 11) is 0. The van der Waals surface area contributed by atoms with Crippen LogP contribution in [0.1, 0.15) is 24.2 Å². The van der Waals surface area contributed by atoms with Gasteiger partial charge in [0.25, 0.3) is 5.91 Å². The van der Waals surface area contributed by atoms with E-state index >= 15 is 0 Å². The van der Waals surface area contributed by atoms with Crippen LogP contribution in [0.5, 0.6) is 0 Å². The van der Waals surface area contributed by atoms with E-state index in [0.29, 0.717) is 5.56 Å². The van der Waals surface area contributed by atoms with Gasteiger partial charge in [0.05, 0.1) is 6.61 Å². The lowest BCUT2D eigenvalue weighted by Crippen LogP contribution is -2.34. The fourth-order valence-electron chi connectivity index (χ4n) is 1.48. The zero-order valence-electron chi connectivity index (χ0n) is 11.6. The largest absolute Gasteiger partial charge is 0.462 e. The zero-order valence-corrected chi connectivity index (χ0v) is 14.0. The van der Waals surface area contributed by atoms with Gasteiger partial charge in [0, 0.05) is 15.7 Å². The molecule has 21 heavy (non-hydrogen) atoms. The molecule has 0 aliphatic heterocycles. The predicted octanol–water partition coefficient (Wildman–Crippen LogP) is 2.30. The van der Waals surface area contributed by atoms with E-state index in [2.05, 4.69) is 21.2 Å². The Morgan fingerprint density at radius 3 is 2.38 bits per heavy atom. The molecule has 3 N–H and O–H groups in total. The first-order chi connectivity index (χ1) is 9.86. The quantitative estimate of drug-likeness (QED) is 0.482. The number of benzene rings is 1. The summed E-state index contributed by atoms with van der Waals surface area (Å²) >= 11 is 8.35. The molecular weight excluding hydrogens is 356 g/mol. The average molecular weight is 371 g/mol. The van der Waals surface area contributed by atoms with E-state index in [0.717, 1.165) is 4.47 Å². The molecule has 0 heterocycles. The standard InChI is InChI=1S/C14H15BrN2O3S/c1-3-20-14(19)11(8(2)16)13(21)17-12(18)9-4-6-10(15)7-5-9/h4-7H,3,16H2,1-2H3,(H,17,18,21). The summed E-state index contributed by atoms with van der Waals surface area (Å²) in [5, 5.41) is 2.47. The number of ether oxygens (including phenoxy) is 1. The molecule has 5 nitrogen and oxygen atoms in total. The molecule has 1 aromatic rings. The number of thiocarbonyl (C=S) groups is 1. The number of amides is 1. The van der Waals surface area contributed by atoms with Crippen molar-refractivity contribution in [1.29, 1.82) is 0 Å². The molecule has 0 aliphatic rings. The van der Waals surface area contributed by atoms with Crippen LogP contribution in [0.25, 0.3) is 0 Å². The van der Waals surface area contributed by atoms with Gasteiger partial charge in [-0.25, -0.2) is 4.79 Å². The third-order valence-electron chi connectivity index (χ3n) is 2.43. The van der Waals surface area contributed by atoms with Gasteiger partial charge in [0.15, 0.2) is 0 Å². The number of hydrogen-bond donors (Lipinski definition) is 2. The van der Waals surface area contributed by atoms with Gasteiger partial charge in [0.1, 0.15) is 10.6 Å². The molecule has 0 aliphatic carbocycles. The van der Waals surface area contributed by atoms with Gasteiger partial charge in [0.2, 0.25) is 0 Å². The molecule has 0 spiro atoms. The van der Waals surface area contributed by atoms with Crippen molar-refractivity contribution in [3.8, 4) is 0 Å². The Balaban J connectivity index is 2.88. The van der Waals surface area contributed by atoms with Crippen molar-refractivity contribution in [2.75, 3.05) is 6.61 Å². The van der Waals surface area contributed by atoms with E-state index in [1.807, 2.05) is 0 Å².